The molecule has 0 bridgehead atoms. The number of hydrogen-bond donors (Lipinski definition) is 0. The highest BCUT2D eigenvalue weighted by Gasteiger charge is 2.31. The maximum atomic E-state index is 13.8. The summed E-state index contributed by atoms with van der Waals surface area (Å²) >= 11 is 0. The molecule has 1 heterocycles. The Labute approximate surface area is 169 Å². The quantitative estimate of drug-likeness (QED) is 0.668. The Balaban J connectivity index is 1.60. The van der Waals surface area contributed by atoms with Gasteiger partial charge in [-0.15, -0.1) is 0 Å². The molecule has 1 fully saturated rings. The summed E-state index contributed by atoms with van der Waals surface area (Å²) in [6.45, 7) is 1.72. The van der Waals surface area contributed by atoms with Gasteiger partial charge in [0.05, 0.1) is 22.8 Å². The number of benzene rings is 2. The van der Waals surface area contributed by atoms with Crippen LogP contribution in [0.3, 0.4) is 0 Å². The number of sulfone groups is 1. The standard InChI is InChI=1S/C21H23F2NO4S/c1-28-21(25)16-3-2-4-19(13-16)29(26,27)18-8-11-24(12-9-18)10-7-15-5-6-17(22)14-20(15)23/h2-6,13-14,18H,7-12H2,1H3. The molecule has 0 atom stereocenters. The Bertz CT molecular complexity index is 986. The van der Waals surface area contributed by atoms with Crippen LogP contribution in [0, 0.1) is 11.6 Å². The molecule has 0 spiro atoms. The van der Waals surface area contributed by atoms with E-state index in [1.54, 1.807) is 0 Å². The lowest BCUT2D eigenvalue weighted by Crippen LogP contribution is -2.40. The second-order valence-corrected chi connectivity index (χ2v) is 9.32. The molecule has 0 radical (unpaired) electrons. The molecule has 0 N–H and O–H groups in total. The lowest BCUT2D eigenvalue weighted by atomic mass is 10.1. The van der Waals surface area contributed by atoms with Gasteiger partial charge in [-0.1, -0.05) is 12.1 Å². The van der Waals surface area contributed by atoms with Crippen molar-refractivity contribution in [3.8, 4) is 0 Å². The number of piperidine rings is 1. The fourth-order valence-corrected chi connectivity index (χ4v) is 5.33. The van der Waals surface area contributed by atoms with E-state index in [2.05, 4.69) is 9.64 Å². The van der Waals surface area contributed by atoms with Gasteiger partial charge in [0.2, 0.25) is 0 Å². The summed E-state index contributed by atoms with van der Waals surface area (Å²) in [5, 5.41) is -0.533. The molecule has 0 aromatic heterocycles. The summed E-state index contributed by atoms with van der Waals surface area (Å²) in [6.07, 6.45) is 1.35. The molecule has 0 unspecified atom stereocenters. The minimum atomic E-state index is -3.56. The number of carbonyl (C=O) groups excluding carboxylic acids is 1. The van der Waals surface area contributed by atoms with Gasteiger partial charge in [0.15, 0.2) is 9.84 Å². The molecule has 0 amide bonds. The van der Waals surface area contributed by atoms with Crippen molar-refractivity contribution in [3.05, 3.63) is 65.2 Å². The van der Waals surface area contributed by atoms with Crippen molar-refractivity contribution in [3.63, 3.8) is 0 Å². The van der Waals surface area contributed by atoms with Gasteiger partial charge >= 0.3 is 5.97 Å². The minimum Gasteiger partial charge on any atom is -0.465 e. The number of nitrogens with zero attached hydrogens (tertiary/aromatic N) is 1. The fraction of sp³-hybridized carbons (Fsp3) is 0.381. The van der Waals surface area contributed by atoms with Gasteiger partial charge in [0.25, 0.3) is 0 Å². The van der Waals surface area contributed by atoms with Gasteiger partial charge < -0.3 is 9.64 Å². The third-order valence-electron chi connectivity index (χ3n) is 5.27. The molecule has 29 heavy (non-hydrogen) atoms. The molecule has 1 aliphatic rings. The van der Waals surface area contributed by atoms with Crippen LogP contribution in [0.4, 0.5) is 8.78 Å². The monoisotopic (exact) mass is 423 g/mol. The molecule has 1 saturated heterocycles. The number of likely N-dealkylation sites (tertiary alicyclic amines) is 1. The average molecular weight is 423 g/mol. The highest BCUT2D eigenvalue weighted by molar-refractivity contribution is 7.92. The zero-order chi connectivity index (χ0) is 21.0. The molecule has 8 heteroatoms. The van der Waals surface area contributed by atoms with Crippen molar-refractivity contribution in [2.75, 3.05) is 26.7 Å². The third-order valence-corrected chi connectivity index (χ3v) is 7.53. The van der Waals surface area contributed by atoms with Crippen molar-refractivity contribution in [1.29, 1.82) is 0 Å². The van der Waals surface area contributed by atoms with Gasteiger partial charge in [-0.3, -0.25) is 0 Å². The molecule has 1 aliphatic heterocycles. The zero-order valence-electron chi connectivity index (χ0n) is 16.1. The summed E-state index contributed by atoms with van der Waals surface area (Å²) in [4.78, 5) is 13.9. The third kappa shape index (κ3) is 5.00. The molecular weight excluding hydrogens is 400 g/mol. The van der Waals surface area contributed by atoms with Crippen molar-refractivity contribution < 1.29 is 26.7 Å². The Morgan fingerprint density at radius 2 is 1.86 bits per heavy atom. The van der Waals surface area contributed by atoms with Crippen LogP contribution in [0.15, 0.2) is 47.4 Å². The average Bonchev–Trinajstić information content (AvgIpc) is 2.73. The van der Waals surface area contributed by atoms with Crippen LogP contribution >= 0.6 is 0 Å². The number of rotatable bonds is 6. The first-order chi connectivity index (χ1) is 13.8. The van der Waals surface area contributed by atoms with Crippen LogP contribution in [0.5, 0.6) is 0 Å². The van der Waals surface area contributed by atoms with E-state index in [4.69, 9.17) is 0 Å². The van der Waals surface area contributed by atoms with Crippen molar-refractivity contribution in [2.45, 2.75) is 29.4 Å². The summed E-state index contributed by atoms with van der Waals surface area (Å²) < 4.78 is 57.3. The van der Waals surface area contributed by atoms with Crippen molar-refractivity contribution in [2.24, 2.45) is 0 Å². The number of hydrogen-bond acceptors (Lipinski definition) is 5. The van der Waals surface area contributed by atoms with E-state index in [-0.39, 0.29) is 10.5 Å². The largest absolute Gasteiger partial charge is 0.465 e. The molecule has 3 rings (SSSR count). The van der Waals surface area contributed by atoms with Gasteiger partial charge in [0.1, 0.15) is 11.6 Å². The topological polar surface area (TPSA) is 63.7 Å². The number of halogens is 2. The van der Waals surface area contributed by atoms with E-state index >= 15 is 0 Å². The first-order valence-corrected chi connectivity index (χ1v) is 10.9. The van der Waals surface area contributed by atoms with Gasteiger partial charge in [-0.25, -0.2) is 22.0 Å². The van der Waals surface area contributed by atoms with Crippen LogP contribution in [0.2, 0.25) is 0 Å². The van der Waals surface area contributed by atoms with E-state index < -0.39 is 32.7 Å². The Hall–Kier alpha value is -2.32. The fourth-order valence-electron chi connectivity index (χ4n) is 3.56. The highest BCUT2D eigenvalue weighted by atomic mass is 32.2. The molecule has 156 valence electrons. The molecular formula is C21H23F2NO4S. The summed E-state index contributed by atoms with van der Waals surface area (Å²) in [7, 11) is -2.32. The lowest BCUT2D eigenvalue weighted by Gasteiger charge is -2.31. The van der Waals surface area contributed by atoms with E-state index in [9.17, 15) is 22.0 Å². The van der Waals surface area contributed by atoms with Crippen molar-refractivity contribution >= 4 is 15.8 Å². The van der Waals surface area contributed by atoms with Gasteiger partial charge in [-0.2, -0.15) is 0 Å². The Morgan fingerprint density at radius 1 is 1.14 bits per heavy atom. The second-order valence-electron chi connectivity index (χ2n) is 7.09. The van der Waals surface area contributed by atoms with Crippen LogP contribution in [-0.4, -0.2) is 51.3 Å². The van der Waals surface area contributed by atoms with Crippen LogP contribution in [-0.2, 0) is 21.0 Å². The maximum Gasteiger partial charge on any atom is 0.337 e. The predicted octanol–water partition coefficient (Wildman–Crippen LogP) is 3.23. The summed E-state index contributed by atoms with van der Waals surface area (Å²) in [6, 6.07) is 9.44. The number of carbonyl (C=O) groups is 1. The molecule has 0 saturated carbocycles. The van der Waals surface area contributed by atoms with E-state index in [1.165, 1.54) is 43.5 Å². The smallest absolute Gasteiger partial charge is 0.337 e. The first-order valence-electron chi connectivity index (χ1n) is 9.40. The van der Waals surface area contributed by atoms with Crippen LogP contribution in [0.1, 0.15) is 28.8 Å². The van der Waals surface area contributed by atoms with E-state index in [0.29, 0.717) is 44.5 Å². The van der Waals surface area contributed by atoms with E-state index in [0.717, 1.165) is 6.07 Å². The normalized spacial score (nSPS) is 16.0. The zero-order valence-corrected chi connectivity index (χ0v) is 16.9. The first kappa shape index (κ1) is 21.4. The lowest BCUT2D eigenvalue weighted by molar-refractivity contribution is 0.0600. The Kier molecular flexibility index (Phi) is 6.64. The predicted molar refractivity (Wildman–Crippen MR) is 104 cm³/mol. The molecule has 0 aliphatic carbocycles. The molecule has 5 nitrogen and oxygen atoms in total. The Morgan fingerprint density at radius 3 is 2.52 bits per heavy atom. The van der Waals surface area contributed by atoms with E-state index in [1.807, 2.05) is 0 Å². The minimum absolute atomic E-state index is 0.118. The van der Waals surface area contributed by atoms with Gasteiger partial charge in [0, 0.05) is 12.6 Å². The molecule has 2 aromatic carbocycles. The number of esters is 1. The number of methoxy groups -OCH3 is 1. The van der Waals surface area contributed by atoms with Gasteiger partial charge in [-0.05, 0) is 62.2 Å². The number of ether oxygens (including phenoxy) is 1. The highest BCUT2D eigenvalue weighted by Crippen LogP contribution is 2.25. The second kappa shape index (κ2) is 9.00. The van der Waals surface area contributed by atoms with Crippen LogP contribution < -0.4 is 0 Å². The van der Waals surface area contributed by atoms with Crippen molar-refractivity contribution in [1.82, 2.24) is 4.90 Å². The van der Waals surface area contributed by atoms with Crippen LogP contribution in [0.25, 0.3) is 0 Å². The molecule has 2 aromatic rings. The summed E-state index contributed by atoms with van der Waals surface area (Å²) in [5.41, 5.74) is 0.646. The summed E-state index contributed by atoms with van der Waals surface area (Å²) in [5.74, 6) is -1.74. The maximum absolute atomic E-state index is 13.8. The SMILES string of the molecule is COC(=O)c1cccc(S(=O)(=O)C2CCN(CCc3ccc(F)cc3F)CC2)c1.